The van der Waals surface area contributed by atoms with E-state index in [1.165, 1.54) is 19.3 Å². The summed E-state index contributed by atoms with van der Waals surface area (Å²) >= 11 is 0. The summed E-state index contributed by atoms with van der Waals surface area (Å²) < 4.78 is 2.06. The van der Waals surface area contributed by atoms with Crippen LogP contribution in [0.2, 0.25) is 0 Å². The van der Waals surface area contributed by atoms with E-state index < -0.39 is 0 Å². The number of nitrogens with one attached hydrogen (secondary N) is 1. The van der Waals surface area contributed by atoms with E-state index in [9.17, 15) is 0 Å². The van der Waals surface area contributed by atoms with Crippen LogP contribution in [0.15, 0.2) is 0 Å². The summed E-state index contributed by atoms with van der Waals surface area (Å²) in [7, 11) is 2.03. The Kier molecular flexibility index (Phi) is 3.82. The van der Waals surface area contributed by atoms with Crippen molar-refractivity contribution in [3.8, 4) is 0 Å². The van der Waals surface area contributed by atoms with Gasteiger partial charge in [0.2, 0.25) is 0 Å². The third-order valence-corrected chi connectivity index (χ3v) is 4.33. The smallest absolute Gasteiger partial charge is 0.146 e. The van der Waals surface area contributed by atoms with E-state index in [0.717, 1.165) is 30.0 Å². The molecular weight excluding hydrogens is 212 g/mol. The zero-order chi connectivity index (χ0) is 12.4. The standard InChI is InChI=1S/C13H24N4/c1-9-5-6-12(7-10(9)2)14-8-13-16-15-11(3)17(13)4/h9-10,12,14H,5-8H2,1-4H3. The Balaban J connectivity index is 1.85. The number of aryl methyl sites for hydroxylation is 1. The molecule has 2 rings (SSSR count). The second-order valence-corrected chi connectivity index (χ2v) is 5.57. The Morgan fingerprint density at radius 2 is 2.00 bits per heavy atom. The molecule has 1 fully saturated rings. The average Bonchev–Trinajstić information content (AvgIpc) is 2.62. The molecule has 0 spiro atoms. The van der Waals surface area contributed by atoms with Gasteiger partial charge in [-0.1, -0.05) is 13.8 Å². The van der Waals surface area contributed by atoms with E-state index in [1.54, 1.807) is 0 Å². The minimum absolute atomic E-state index is 0.651. The first-order chi connectivity index (χ1) is 8.08. The Bertz CT molecular complexity index is 371. The number of rotatable bonds is 3. The zero-order valence-corrected chi connectivity index (χ0v) is 11.4. The van der Waals surface area contributed by atoms with E-state index in [4.69, 9.17) is 0 Å². The molecule has 0 aromatic carbocycles. The molecule has 96 valence electrons. The molecule has 1 heterocycles. The van der Waals surface area contributed by atoms with Crippen molar-refractivity contribution in [2.24, 2.45) is 18.9 Å². The first-order valence-corrected chi connectivity index (χ1v) is 6.66. The van der Waals surface area contributed by atoms with Gasteiger partial charge in [0.25, 0.3) is 0 Å². The number of hydrogen-bond acceptors (Lipinski definition) is 3. The van der Waals surface area contributed by atoms with Crippen LogP contribution in [-0.4, -0.2) is 20.8 Å². The Labute approximate surface area is 104 Å². The molecule has 0 bridgehead atoms. The predicted molar refractivity (Wildman–Crippen MR) is 68.5 cm³/mol. The van der Waals surface area contributed by atoms with Crippen molar-refractivity contribution >= 4 is 0 Å². The molecule has 1 N–H and O–H groups in total. The van der Waals surface area contributed by atoms with E-state index in [2.05, 4.69) is 33.9 Å². The molecule has 1 aliphatic rings. The highest BCUT2D eigenvalue weighted by molar-refractivity contribution is 4.93. The molecule has 1 saturated carbocycles. The van der Waals surface area contributed by atoms with Crippen LogP contribution in [0.5, 0.6) is 0 Å². The van der Waals surface area contributed by atoms with Gasteiger partial charge >= 0.3 is 0 Å². The summed E-state index contributed by atoms with van der Waals surface area (Å²) in [5.74, 6) is 3.73. The molecule has 0 aliphatic heterocycles. The van der Waals surface area contributed by atoms with Crippen LogP contribution in [0.3, 0.4) is 0 Å². The van der Waals surface area contributed by atoms with Crippen molar-refractivity contribution in [3.63, 3.8) is 0 Å². The summed E-state index contributed by atoms with van der Waals surface area (Å²) in [5.41, 5.74) is 0. The molecular formula is C13H24N4. The summed E-state index contributed by atoms with van der Waals surface area (Å²) in [5, 5.41) is 11.9. The average molecular weight is 236 g/mol. The van der Waals surface area contributed by atoms with Crippen LogP contribution >= 0.6 is 0 Å². The minimum atomic E-state index is 0.651. The highest BCUT2D eigenvalue weighted by atomic mass is 15.3. The third-order valence-electron chi connectivity index (χ3n) is 4.33. The lowest BCUT2D eigenvalue weighted by atomic mass is 9.79. The fourth-order valence-electron chi connectivity index (χ4n) is 2.57. The van der Waals surface area contributed by atoms with Gasteiger partial charge in [-0.25, -0.2) is 0 Å². The lowest BCUT2D eigenvalue weighted by Gasteiger charge is -2.32. The molecule has 0 saturated heterocycles. The van der Waals surface area contributed by atoms with Crippen LogP contribution in [0.1, 0.15) is 44.8 Å². The first-order valence-electron chi connectivity index (χ1n) is 6.66. The Hall–Kier alpha value is -0.900. The lowest BCUT2D eigenvalue weighted by molar-refractivity contribution is 0.224. The number of nitrogens with zero attached hydrogens (tertiary/aromatic N) is 3. The third kappa shape index (κ3) is 2.86. The Morgan fingerprint density at radius 1 is 1.24 bits per heavy atom. The second-order valence-electron chi connectivity index (χ2n) is 5.57. The lowest BCUT2D eigenvalue weighted by Crippen LogP contribution is -2.36. The maximum Gasteiger partial charge on any atom is 0.146 e. The summed E-state index contributed by atoms with van der Waals surface area (Å²) in [6, 6.07) is 0.651. The van der Waals surface area contributed by atoms with Crippen molar-refractivity contribution in [1.82, 2.24) is 20.1 Å². The van der Waals surface area contributed by atoms with Crippen molar-refractivity contribution in [2.75, 3.05) is 0 Å². The molecule has 1 aliphatic carbocycles. The highest BCUT2D eigenvalue weighted by Crippen LogP contribution is 2.29. The van der Waals surface area contributed by atoms with Crippen LogP contribution < -0.4 is 5.32 Å². The van der Waals surface area contributed by atoms with Gasteiger partial charge in [-0.05, 0) is 38.0 Å². The summed E-state index contributed by atoms with van der Waals surface area (Å²) in [6.07, 6.45) is 3.93. The minimum Gasteiger partial charge on any atom is -0.317 e. The quantitative estimate of drug-likeness (QED) is 0.873. The molecule has 0 radical (unpaired) electrons. The molecule has 17 heavy (non-hydrogen) atoms. The van der Waals surface area contributed by atoms with Crippen LogP contribution in [0, 0.1) is 18.8 Å². The maximum absolute atomic E-state index is 4.18. The topological polar surface area (TPSA) is 42.7 Å². The van der Waals surface area contributed by atoms with Crippen molar-refractivity contribution < 1.29 is 0 Å². The molecule has 1 aromatic rings. The zero-order valence-electron chi connectivity index (χ0n) is 11.4. The van der Waals surface area contributed by atoms with Gasteiger partial charge in [0.15, 0.2) is 0 Å². The number of hydrogen-bond donors (Lipinski definition) is 1. The largest absolute Gasteiger partial charge is 0.317 e. The highest BCUT2D eigenvalue weighted by Gasteiger charge is 2.24. The fraction of sp³-hybridized carbons (Fsp3) is 0.846. The van der Waals surface area contributed by atoms with Crippen LogP contribution in [0.4, 0.5) is 0 Å². The summed E-state index contributed by atoms with van der Waals surface area (Å²) in [4.78, 5) is 0. The van der Waals surface area contributed by atoms with E-state index in [0.29, 0.717) is 6.04 Å². The number of aromatic nitrogens is 3. The SMILES string of the molecule is Cc1nnc(CNC2CCC(C)C(C)C2)n1C. The van der Waals surface area contributed by atoms with Gasteiger partial charge in [-0.15, -0.1) is 10.2 Å². The van der Waals surface area contributed by atoms with Crippen LogP contribution in [-0.2, 0) is 13.6 Å². The van der Waals surface area contributed by atoms with Gasteiger partial charge in [-0.3, -0.25) is 0 Å². The van der Waals surface area contributed by atoms with Gasteiger partial charge < -0.3 is 9.88 Å². The maximum atomic E-state index is 4.18. The Morgan fingerprint density at radius 3 is 2.59 bits per heavy atom. The van der Waals surface area contributed by atoms with Crippen molar-refractivity contribution in [2.45, 2.75) is 52.6 Å². The predicted octanol–water partition coefficient (Wildman–Crippen LogP) is 2.04. The van der Waals surface area contributed by atoms with E-state index in [-0.39, 0.29) is 0 Å². The van der Waals surface area contributed by atoms with Gasteiger partial charge in [0.1, 0.15) is 11.6 Å². The molecule has 1 aromatic heterocycles. The fourth-order valence-corrected chi connectivity index (χ4v) is 2.57. The van der Waals surface area contributed by atoms with Crippen LogP contribution in [0.25, 0.3) is 0 Å². The second kappa shape index (κ2) is 5.17. The molecule has 3 unspecified atom stereocenters. The normalized spacial score (nSPS) is 29.5. The van der Waals surface area contributed by atoms with E-state index in [1.807, 2.05) is 14.0 Å². The van der Waals surface area contributed by atoms with E-state index >= 15 is 0 Å². The van der Waals surface area contributed by atoms with Gasteiger partial charge in [0.05, 0.1) is 6.54 Å². The molecule has 0 amide bonds. The summed E-state index contributed by atoms with van der Waals surface area (Å²) in [6.45, 7) is 7.56. The first kappa shape index (κ1) is 12.6. The molecule has 4 nitrogen and oxygen atoms in total. The molecule has 4 heteroatoms. The van der Waals surface area contributed by atoms with Gasteiger partial charge in [0, 0.05) is 13.1 Å². The van der Waals surface area contributed by atoms with Crippen molar-refractivity contribution in [1.29, 1.82) is 0 Å². The monoisotopic (exact) mass is 236 g/mol. The van der Waals surface area contributed by atoms with Crippen molar-refractivity contribution in [3.05, 3.63) is 11.6 Å². The van der Waals surface area contributed by atoms with Gasteiger partial charge in [-0.2, -0.15) is 0 Å². The molecule has 3 atom stereocenters.